The highest BCUT2D eigenvalue weighted by Gasteiger charge is 2.21. The van der Waals surface area contributed by atoms with Crippen molar-refractivity contribution in [1.29, 1.82) is 0 Å². The number of aromatic amines is 1. The van der Waals surface area contributed by atoms with E-state index in [-0.39, 0.29) is 0 Å². The fourth-order valence-electron chi connectivity index (χ4n) is 2.65. The first-order chi connectivity index (χ1) is 11.9. The van der Waals surface area contributed by atoms with Gasteiger partial charge in [-0.2, -0.15) is 10.1 Å². The SMILES string of the molecule is c1ccc(Oc2ccnc(NCc3cc(C4CCC4)n[nH]3)n2)cc1. The average Bonchev–Trinajstić information content (AvgIpc) is 3.01. The summed E-state index contributed by atoms with van der Waals surface area (Å²) in [4.78, 5) is 8.60. The number of ether oxygens (including phenoxy) is 1. The largest absolute Gasteiger partial charge is 0.439 e. The predicted molar refractivity (Wildman–Crippen MR) is 91.1 cm³/mol. The molecule has 0 unspecified atom stereocenters. The maximum Gasteiger partial charge on any atom is 0.226 e. The normalized spacial score (nSPS) is 14.2. The minimum Gasteiger partial charge on any atom is -0.439 e. The Morgan fingerprint density at radius 1 is 1.17 bits per heavy atom. The zero-order chi connectivity index (χ0) is 16.2. The Labute approximate surface area is 140 Å². The molecule has 1 aromatic carbocycles. The molecule has 6 nitrogen and oxygen atoms in total. The summed E-state index contributed by atoms with van der Waals surface area (Å²) in [5, 5.41) is 10.7. The molecule has 1 fully saturated rings. The van der Waals surface area contributed by atoms with E-state index in [0.717, 1.165) is 11.4 Å². The molecular formula is C18H19N5O. The molecule has 6 heteroatoms. The molecule has 2 aromatic heterocycles. The van der Waals surface area contributed by atoms with Gasteiger partial charge < -0.3 is 10.1 Å². The van der Waals surface area contributed by atoms with Crippen LogP contribution < -0.4 is 10.1 Å². The summed E-state index contributed by atoms with van der Waals surface area (Å²) in [7, 11) is 0. The van der Waals surface area contributed by atoms with Gasteiger partial charge in [0.15, 0.2) is 0 Å². The van der Waals surface area contributed by atoms with Crippen LogP contribution in [-0.2, 0) is 6.54 Å². The minimum absolute atomic E-state index is 0.512. The van der Waals surface area contributed by atoms with Crippen LogP contribution in [0.3, 0.4) is 0 Å². The smallest absolute Gasteiger partial charge is 0.226 e. The van der Waals surface area contributed by atoms with Gasteiger partial charge in [-0.05, 0) is 31.0 Å². The number of anilines is 1. The first-order valence-corrected chi connectivity index (χ1v) is 8.21. The number of rotatable bonds is 6. The maximum absolute atomic E-state index is 5.72. The van der Waals surface area contributed by atoms with Crippen molar-refractivity contribution in [3.63, 3.8) is 0 Å². The molecule has 24 heavy (non-hydrogen) atoms. The van der Waals surface area contributed by atoms with E-state index in [9.17, 15) is 0 Å². The van der Waals surface area contributed by atoms with Crippen molar-refractivity contribution in [2.75, 3.05) is 5.32 Å². The molecule has 0 radical (unpaired) electrons. The topological polar surface area (TPSA) is 75.7 Å². The van der Waals surface area contributed by atoms with Gasteiger partial charge in [0.1, 0.15) is 5.75 Å². The number of nitrogens with zero attached hydrogens (tertiary/aromatic N) is 3. The van der Waals surface area contributed by atoms with Crippen LogP contribution in [0.4, 0.5) is 5.95 Å². The summed E-state index contributed by atoms with van der Waals surface area (Å²) >= 11 is 0. The van der Waals surface area contributed by atoms with Crippen LogP contribution in [0, 0.1) is 0 Å². The fraction of sp³-hybridized carbons (Fsp3) is 0.278. The standard InChI is InChI=1S/C18H19N5O/c1-2-7-15(8-3-1)24-17-9-10-19-18(21-17)20-12-14-11-16(23-22-14)13-5-4-6-13/h1-3,7-11,13H,4-6,12H2,(H,22,23)(H,19,20,21). The molecule has 1 aliphatic carbocycles. The summed E-state index contributed by atoms with van der Waals surface area (Å²) in [5.74, 6) is 2.43. The van der Waals surface area contributed by atoms with Crippen LogP contribution in [0.25, 0.3) is 0 Å². The minimum atomic E-state index is 0.512. The van der Waals surface area contributed by atoms with Crippen LogP contribution in [0.2, 0.25) is 0 Å². The molecule has 2 N–H and O–H groups in total. The molecule has 1 aliphatic rings. The number of hydrogen-bond acceptors (Lipinski definition) is 5. The van der Waals surface area contributed by atoms with Crippen LogP contribution >= 0.6 is 0 Å². The van der Waals surface area contributed by atoms with E-state index in [1.54, 1.807) is 12.3 Å². The lowest BCUT2D eigenvalue weighted by molar-refractivity contribution is 0.410. The Morgan fingerprint density at radius 2 is 2.04 bits per heavy atom. The number of para-hydroxylation sites is 1. The van der Waals surface area contributed by atoms with Crippen molar-refractivity contribution in [3.8, 4) is 11.6 Å². The zero-order valence-corrected chi connectivity index (χ0v) is 13.3. The van der Waals surface area contributed by atoms with Crippen molar-refractivity contribution < 1.29 is 4.74 Å². The van der Waals surface area contributed by atoms with E-state index in [0.29, 0.717) is 24.3 Å². The van der Waals surface area contributed by atoms with Crippen molar-refractivity contribution >= 4 is 5.95 Å². The van der Waals surface area contributed by atoms with E-state index in [2.05, 4.69) is 31.5 Å². The molecule has 1 saturated carbocycles. The lowest BCUT2D eigenvalue weighted by atomic mass is 9.83. The van der Waals surface area contributed by atoms with Gasteiger partial charge in [0.05, 0.1) is 17.9 Å². The molecule has 3 aromatic rings. The second kappa shape index (κ2) is 6.70. The third-order valence-corrected chi connectivity index (χ3v) is 4.21. The van der Waals surface area contributed by atoms with E-state index in [4.69, 9.17) is 4.74 Å². The number of H-pyrrole nitrogens is 1. The van der Waals surface area contributed by atoms with Crippen LogP contribution in [-0.4, -0.2) is 20.2 Å². The van der Waals surface area contributed by atoms with E-state index in [1.807, 2.05) is 30.3 Å². The number of hydrogen-bond donors (Lipinski definition) is 2. The van der Waals surface area contributed by atoms with Gasteiger partial charge in [-0.3, -0.25) is 5.10 Å². The lowest BCUT2D eigenvalue weighted by Gasteiger charge is -2.22. The number of nitrogens with one attached hydrogen (secondary N) is 2. The van der Waals surface area contributed by atoms with Gasteiger partial charge in [0.2, 0.25) is 11.8 Å². The molecule has 0 spiro atoms. The Kier molecular flexibility index (Phi) is 4.10. The molecule has 0 bridgehead atoms. The lowest BCUT2D eigenvalue weighted by Crippen LogP contribution is -2.08. The predicted octanol–water partition coefficient (Wildman–Crippen LogP) is 3.87. The molecular weight excluding hydrogens is 302 g/mol. The molecule has 0 atom stereocenters. The Bertz CT molecular complexity index is 798. The Balaban J connectivity index is 1.38. The molecule has 0 saturated heterocycles. The summed E-state index contributed by atoms with van der Waals surface area (Å²) in [6.45, 7) is 0.606. The highest BCUT2D eigenvalue weighted by Crippen LogP contribution is 2.35. The van der Waals surface area contributed by atoms with Crippen LogP contribution in [0.15, 0.2) is 48.7 Å². The average molecular weight is 321 g/mol. The highest BCUT2D eigenvalue weighted by atomic mass is 16.5. The molecule has 4 rings (SSSR count). The van der Waals surface area contributed by atoms with Crippen molar-refractivity contribution in [3.05, 3.63) is 60.0 Å². The van der Waals surface area contributed by atoms with Crippen molar-refractivity contribution in [1.82, 2.24) is 20.2 Å². The molecule has 0 aliphatic heterocycles. The number of aromatic nitrogens is 4. The second-order valence-corrected chi connectivity index (χ2v) is 5.93. The zero-order valence-electron chi connectivity index (χ0n) is 13.3. The Morgan fingerprint density at radius 3 is 2.83 bits per heavy atom. The highest BCUT2D eigenvalue weighted by molar-refractivity contribution is 5.32. The molecule has 122 valence electrons. The van der Waals surface area contributed by atoms with Gasteiger partial charge in [-0.1, -0.05) is 24.6 Å². The van der Waals surface area contributed by atoms with Gasteiger partial charge >= 0.3 is 0 Å². The van der Waals surface area contributed by atoms with Gasteiger partial charge in [0.25, 0.3) is 0 Å². The monoisotopic (exact) mass is 321 g/mol. The fourth-order valence-corrected chi connectivity index (χ4v) is 2.65. The third-order valence-electron chi connectivity index (χ3n) is 4.21. The van der Waals surface area contributed by atoms with Crippen molar-refractivity contribution in [2.24, 2.45) is 0 Å². The first kappa shape index (κ1) is 14.7. The first-order valence-electron chi connectivity index (χ1n) is 8.21. The van der Waals surface area contributed by atoms with E-state index >= 15 is 0 Å². The van der Waals surface area contributed by atoms with Crippen LogP contribution in [0.5, 0.6) is 11.6 Å². The molecule has 0 amide bonds. The van der Waals surface area contributed by atoms with E-state index in [1.165, 1.54) is 25.0 Å². The van der Waals surface area contributed by atoms with Gasteiger partial charge in [0, 0.05) is 18.2 Å². The molecule has 2 heterocycles. The van der Waals surface area contributed by atoms with E-state index < -0.39 is 0 Å². The van der Waals surface area contributed by atoms with Gasteiger partial charge in [-0.25, -0.2) is 4.98 Å². The van der Waals surface area contributed by atoms with Crippen LogP contribution in [0.1, 0.15) is 36.6 Å². The summed E-state index contributed by atoms with van der Waals surface area (Å²) in [5.41, 5.74) is 2.20. The summed E-state index contributed by atoms with van der Waals surface area (Å²) in [6.07, 6.45) is 5.49. The summed E-state index contributed by atoms with van der Waals surface area (Å²) in [6, 6.07) is 13.4. The number of benzene rings is 1. The summed E-state index contributed by atoms with van der Waals surface area (Å²) < 4.78 is 5.72. The maximum atomic E-state index is 5.72. The third kappa shape index (κ3) is 3.37. The Hall–Kier alpha value is -2.89. The van der Waals surface area contributed by atoms with Gasteiger partial charge in [-0.15, -0.1) is 0 Å². The second-order valence-electron chi connectivity index (χ2n) is 5.93. The van der Waals surface area contributed by atoms with Crippen molar-refractivity contribution in [2.45, 2.75) is 31.7 Å². The quantitative estimate of drug-likeness (QED) is 0.721.